The number of hydrogen-bond acceptors (Lipinski definition) is 5. The summed E-state index contributed by atoms with van der Waals surface area (Å²) in [6.07, 6.45) is 0.813. The van der Waals surface area contributed by atoms with E-state index in [0.717, 1.165) is 23.2 Å². The third-order valence-corrected chi connectivity index (χ3v) is 4.64. The zero-order chi connectivity index (χ0) is 16.7. The van der Waals surface area contributed by atoms with E-state index >= 15 is 0 Å². The van der Waals surface area contributed by atoms with E-state index in [2.05, 4.69) is 11.1 Å². The molecule has 6 heteroatoms. The molecule has 1 rings (SSSR count). The van der Waals surface area contributed by atoms with Crippen LogP contribution in [-0.2, 0) is 9.53 Å². The van der Waals surface area contributed by atoms with Crippen LogP contribution in [0.4, 0.5) is 0 Å². The van der Waals surface area contributed by atoms with Crippen LogP contribution in [0.2, 0.25) is 0 Å². The van der Waals surface area contributed by atoms with E-state index in [1.165, 1.54) is 11.8 Å². The summed E-state index contributed by atoms with van der Waals surface area (Å²) in [4.78, 5) is 18.2. The highest BCUT2D eigenvalue weighted by molar-refractivity contribution is 8.00. The van der Waals surface area contributed by atoms with Gasteiger partial charge in [0.15, 0.2) is 0 Å². The fourth-order valence-corrected chi connectivity index (χ4v) is 2.98. The van der Waals surface area contributed by atoms with Crippen molar-refractivity contribution in [2.24, 2.45) is 0 Å². The molecule has 5 nitrogen and oxygen atoms in total. The number of rotatable bonds is 7. The molecule has 1 amide bonds. The van der Waals surface area contributed by atoms with Crippen molar-refractivity contribution in [2.75, 3.05) is 33.1 Å². The second-order valence-corrected chi connectivity index (χ2v) is 6.15. The molecule has 0 spiro atoms. The fourth-order valence-electron chi connectivity index (χ4n) is 1.96. The van der Waals surface area contributed by atoms with Crippen LogP contribution in [-0.4, -0.2) is 48.9 Å². The predicted molar refractivity (Wildman–Crippen MR) is 88.0 cm³/mol. The zero-order valence-electron chi connectivity index (χ0n) is 13.9. The van der Waals surface area contributed by atoms with Gasteiger partial charge in [0.1, 0.15) is 11.1 Å². The summed E-state index contributed by atoms with van der Waals surface area (Å²) in [7, 11) is 3.43. The average molecular weight is 321 g/mol. The summed E-state index contributed by atoms with van der Waals surface area (Å²) < 4.78 is 4.98. The van der Waals surface area contributed by atoms with Gasteiger partial charge in [0.05, 0.1) is 11.3 Å². The summed E-state index contributed by atoms with van der Waals surface area (Å²) in [5.41, 5.74) is 3.45. The average Bonchev–Trinajstić information content (AvgIpc) is 2.50. The molecule has 22 heavy (non-hydrogen) atoms. The van der Waals surface area contributed by atoms with Gasteiger partial charge >= 0.3 is 0 Å². The molecule has 0 aliphatic carbocycles. The minimum atomic E-state index is 0.0303. The van der Waals surface area contributed by atoms with Crippen molar-refractivity contribution < 1.29 is 9.53 Å². The number of thioether (sulfide) groups is 1. The van der Waals surface area contributed by atoms with Gasteiger partial charge in [-0.25, -0.2) is 4.98 Å². The smallest absolute Gasteiger partial charge is 0.232 e. The minimum Gasteiger partial charge on any atom is -0.385 e. The molecule has 120 valence electrons. The van der Waals surface area contributed by atoms with Gasteiger partial charge in [-0.15, -0.1) is 0 Å². The summed E-state index contributed by atoms with van der Waals surface area (Å²) in [5.74, 6) is 0.315. The Morgan fingerprint density at radius 1 is 1.36 bits per heavy atom. The van der Waals surface area contributed by atoms with Crippen LogP contribution < -0.4 is 0 Å². The van der Waals surface area contributed by atoms with Crippen LogP contribution in [0, 0.1) is 32.1 Å². The number of methoxy groups -OCH3 is 1. The van der Waals surface area contributed by atoms with E-state index < -0.39 is 0 Å². The van der Waals surface area contributed by atoms with Crippen molar-refractivity contribution >= 4 is 17.7 Å². The SMILES string of the molecule is COCCCN(C)C(=O)CSc1nc(C)c(C)c(C)c1C#N. The van der Waals surface area contributed by atoms with Gasteiger partial charge in [0.25, 0.3) is 0 Å². The number of nitrogens with zero attached hydrogens (tertiary/aromatic N) is 3. The van der Waals surface area contributed by atoms with Crippen LogP contribution in [0.15, 0.2) is 5.03 Å². The normalized spacial score (nSPS) is 10.4. The largest absolute Gasteiger partial charge is 0.385 e. The first-order valence-electron chi connectivity index (χ1n) is 7.16. The molecule has 0 radical (unpaired) electrons. The minimum absolute atomic E-state index is 0.0303. The molecule has 0 aliphatic heterocycles. The lowest BCUT2D eigenvalue weighted by Gasteiger charge is -2.17. The zero-order valence-corrected chi connectivity index (χ0v) is 14.7. The fraction of sp³-hybridized carbons (Fsp3) is 0.562. The Morgan fingerprint density at radius 2 is 2.05 bits per heavy atom. The first kappa shape index (κ1) is 18.5. The molecule has 0 N–H and O–H groups in total. The molecule has 0 atom stereocenters. The molecule has 0 aliphatic rings. The van der Waals surface area contributed by atoms with E-state index in [4.69, 9.17) is 4.74 Å². The molecule has 0 bridgehead atoms. The molecule has 0 aromatic carbocycles. The third kappa shape index (κ3) is 4.72. The Labute approximate surface area is 136 Å². The lowest BCUT2D eigenvalue weighted by atomic mass is 10.1. The van der Waals surface area contributed by atoms with Gasteiger partial charge in [-0.3, -0.25) is 4.79 Å². The van der Waals surface area contributed by atoms with Gasteiger partial charge in [0, 0.05) is 33.0 Å². The number of carbonyl (C=O) groups excluding carboxylic acids is 1. The Bertz CT molecular complexity index is 582. The van der Waals surface area contributed by atoms with Crippen LogP contribution >= 0.6 is 11.8 Å². The molecular formula is C16H23N3O2S. The van der Waals surface area contributed by atoms with Crippen LogP contribution in [0.5, 0.6) is 0 Å². The quantitative estimate of drug-likeness (QED) is 0.570. The summed E-state index contributed by atoms with van der Waals surface area (Å²) >= 11 is 1.33. The van der Waals surface area contributed by atoms with Crippen molar-refractivity contribution in [1.29, 1.82) is 5.26 Å². The standard InChI is InChI=1S/C16H23N3O2S/c1-11-12(2)14(9-17)16(18-13(11)3)22-10-15(20)19(4)7-6-8-21-5/h6-8,10H2,1-5H3. The van der Waals surface area contributed by atoms with E-state index in [0.29, 0.717) is 23.7 Å². The molecular weight excluding hydrogens is 298 g/mol. The molecule has 1 heterocycles. The van der Waals surface area contributed by atoms with E-state index in [9.17, 15) is 10.1 Å². The van der Waals surface area contributed by atoms with Crippen LogP contribution in [0.1, 0.15) is 28.8 Å². The number of amides is 1. The van der Waals surface area contributed by atoms with Gasteiger partial charge in [-0.05, 0) is 38.3 Å². The summed E-state index contributed by atoms with van der Waals surface area (Å²) in [6, 6.07) is 2.20. The Balaban J connectivity index is 2.72. The number of aromatic nitrogens is 1. The number of pyridine rings is 1. The highest BCUT2D eigenvalue weighted by Gasteiger charge is 2.15. The van der Waals surface area contributed by atoms with Gasteiger partial charge in [0.2, 0.25) is 5.91 Å². The van der Waals surface area contributed by atoms with Crippen LogP contribution in [0.3, 0.4) is 0 Å². The highest BCUT2D eigenvalue weighted by Crippen LogP contribution is 2.26. The van der Waals surface area contributed by atoms with Crippen molar-refractivity contribution in [1.82, 2.24) is 9.88 Å². The van der Waals surface area contributed by atoms with Crippen LogP contribution in [0.25, 0.3) is 0 Å². The molecule has 1 aromatic heterocycles. The van der Waals surface area contributed by atoms with Crippen molar-refractivity contribution in [3.63, 3.8) is 0 Å². The topological polar surface area (TPSA) is 66.2 Å². The predicted octanol–water partition coefficient (Wildman–Crippen LogP) is 2.47. The second-order valence-electron chi connectivity index (χ2n) is 5.19. The summed E-state index contributed by atoms with van der Waals surface area (Å²) in [6.45, 7) is 7.11. The maximum atomic E-state index is 12.1. The second kappa shape index (κ2) is 8.76. The number of nitriles is 1. The van der Waals surface area contributed by atoms with E-state index in [1.54, 1.807) is 19.1 Å². The van der Waals surface area contributed by atoms with Crippen molar-refractivity contribution in [3.8, 4) is 6.07 Å². The Morgan fingerprint density at radius 3 is 2.64 bits per heavy atom. The van der Waals surface area contributed by atoms with Gasteiger partial charge in [-0.1, -0.05) is 11.8 Å². The monoisotopic (exact) mass is 321 g/mol. The number of ether oxygens (including phenoxy) is 1. The number of aryl methyl sites for hydroxylation is 1. The first-order valence-corrected chi connectivity index (χ1v) is 8.14. The lowest BCUT2D eigenvalue weighted by molar-refractivity contribution is -0.127. The van der Waals surface area contributed by atoms with Gasteiger partial charge in [-0.2, -0.15) is 5.26 Å². The molecule has 0 saturated carbocycles. The molecule has 0 unspecified atom stereocenters. The molecule has 1 aromatic rings. The number of carbonyl (C=O) groups is 1. The molecule has 0 saturated heterocycles. The van der Waals surface area contributed by atoms with E-state index in [-0.39, 0.29) is 11.7 Å². The maximum Gasteiger partial charge on any atom is 0.232 e. The van der Waals surface area contributed by atoms with E-state index in [1.807, 2.05) is 20.8 Å². The highest BCUT2D eigenvalue weighted by atomic mass is 32.2. The maximum absolute atomic E-state index is 12.1. The lowest BCUT2D eigenvalue weighted by Crippen LogP contribution is -2.29. The summed E-state index contributed by atoms with van der Waals surface area (Å²) in [5, 5.41) is 9.96. The van der Waals surface area contributed by atoms with Crippen molar-refractivity contribution in [2.45, 2.75) is 32.2 Å². The molecule has 0 fully saturated rings. The first-order chi connectivity index (χ1) is 10.4. The Hall–Kier alpha value is -1.58. The van der Waals surface area contributed by atoms with Crippen molar-refractivity contribution in [3.05, 3.63) is 22.4 Å². The number of hydrogen-bond donors (Lipinski definition) is 0. The van der Waals surface area contributed by atoms with Gasteiger partial charge < -0.3 is 9.64 Å². The Kier molecular flexibility index (Phi) is 7.36. The third-order valence-electron chi connectivity index (χ3n) is 3.68.